The third kappa shape index (κ3) is 4.41. The van der Waals surface area contributed by atoms with E-state index < -0.39 is 0 Å². The molecule has 3 rings (SSSR count). The number of hydrogen-bond donors (Lipinski definition) is 1. The number of carbonyl (C=O) groups excluding carboxylic acids is 1. The molecular weight excluding hydrogens is 278 g/mol. The molecular formula is C17H21N3O2. The van der Waals surface area contributed by atoms with Crippen LogP contribution in [-0.4, -0.2) is 22.6 Å². The zero-order valence-electron chi connectivity index (χ0n) is 12.6. The molecule has 0 atom stereocenters. The van der Waals surface area contributed by atoms with E-state index in [2.05, 4.69) is 27.6 Å². The highest BCUT2D eigenvalue weighted by atomic mass is 16.5. The fraction of sp³-hybridized carbons (Fsp3) is 0.471. The molecule has 1 fully saturated rings. The van der Waals surface area contributed by atoms with Gasteiger partial charge in [0.05, 0.1) is 0 Å². The average Bonchev–Trinajstić information content (AvgIpc) is 3.28. The van der Waals surface area contributed by atoms with Crippen LogP contribution in [0.1, 0.15) is 48.9 Å². The molecule has 0 radical (unpaired) electrons. The van der Waals surface area contributed by atoms with Gasteiger partial charge in [0.1, 0.15) is 0 Å². The Morgan fingerprint density at radius 3 is 2.82 bits per heavy atom. The molecule has 2 aromatic rings. The Kier molecular flexibility index (Phi) is 4.83. The Balaban J connectivity index is 1.30. The number of hydrogen-bond acceptors (Lipinski definition) is 4. The number of nitrogens with one attached hydrogen (secondary N) is 1. The number of amides is 1. The summed E-state index contributed by atoms with van der Waals surface area (Å²) in [5.74, 6) is 2.01. The van der Waals surface area contributed by atoms with Crippen LogP contribution in [0.2, 0.25) is 0 Å². The second-order valence-corrected chi connectivity index (χ2v) is 5.76. The zero-order valence-corrected chi connectivity index (χ0v) is 12.6. The summed E-state index contributed by atoms with van der Waals surface area (Å²) < 4.78 is 5.19. The molecule has 5 nitrogen and oxygen atoms in total. The lowest BCUT2D eigenvalue weighted by Crippen LogP contribution is -2.25. The van der Waals surface area contributed by atoms with Gasteiger partial charge in [-0.25, -0.2) is 0 Å². The third-order valence-electron chi connectivity index (χ3n) is 3.79. The molecule has 0 spiro atoms. The number of benzene rings is 1. The van der Waals surface area contributed by atoms with E-state index >= 15 is 0 Å². The van der Waals surface area contributed by atoms with Gasteiger partial charge in [-0.1, -0.05) is 35.5 Å². The van der Waals surface area contributed by atoms with E-state index in [1.54, 1.807) is 0 Å². The largest absolute Gasteiger partial charge is 0.356 e. The number of nitrogens with zero attached hydrogens (tertiary/aromatic N) is 2. The third-order valence-corrected chi connectivity index (χ3v) is 3.79. The topological polar surface area (TPSA) is 68.0 Å². The Bertz CT molecular complexity index is 605. The molecule has 1 amide bonds. The molecule has 1 N–H and O–H groups in total. The van der Waals surface area contributed by atoms with E-state index in [1.807, 2.05) is 18.2 Å². The highest BCUT2D eigenvalue weighted by Gasteiger charge is 2.29. The van der Waals surface area contributed by atoms with E-state index in [9.17, 15) is 4.79 Å². The van der Waals surface area contributed by atoms with Crippen LogP contribution in [0.5, 0.6) is 0 Å². The maximum absolute atomic E-state index is 11.8. The molecule has 1 aromatic carbocycles. The monoisotopic (exact) mass is 299 g/mol. The fourth-order valence-electron chi connectivity index (χ4n) is 2.36. The van der Waals surface area contributed by atoms with Gasteiger partial charge < -0.3 is 9.84 Å². The standard InChI is InChI=1S/C17H21N3O2/c21-16(8-4-7-13-5-2-1-3-6-13)18-12-11-15-19-17(22-20-15)14-9-10-14/h1-3,5-6,14H,4,7-12H2,(H,18,21). The van der Waals surface area contributed by atoms with E-state index in [0.717, 1.165) is 31.6 Å². The summed E-state index contributed by atoms with van der Waals surface area (Å²) in [5, 5.41) is 6.85. The van der Waals surface area contributed by atoms with Crippen LogP contribution < -0.4 is 5.32 Å². The molecule has 1 heterocycles. The molecule has 1 saturated carbocycles. The van der Waals surface area contributed by atoms with Gasteiger partial charge in [-0.2, -0.15) is 4.98 Å². The van der Waals surface area contributed by atoms with E-state index in [4.69, 9.17) is 4.52 Å². The van der Waals surface area contributed by atoms with Crippen molar-refractivity contribution in [2.75, 3.05) is 6.54 Å². The molecule has 0 aliphatic heterocycles. The summed E-state index contributed by atoms with van der Waals surface area (Å²) >= 11 is 0. The molecule has 5 heteroatoms. The van der Waals surface area contributed by atoms with Crippen LogP contribution in [0.15, 0.2) is 34.9 Å². The minimum Gasteiger partial charge on any atom is -0.356 e. The van der Waals surface area contributed by atoms with Crippen molar-refractivity contribution in [2.24, 2.45) is 0 Å². The molecule has 22 heavy (non-hydrogen) atoms. The molecule has 1 aliphatic carbocycles. The van der Waals surface area contributed by atoms with Gasteiger partial charge in [0.2, 0.25) is 11.8 Å². The highest BCUT2D eigenvalue weighted by molar-refractivity contribution is 5.75. The normalized spacial score (nSPS) is 14.0. The van der Waals surface area contributed by atoms with Crippen molar-refractivity contribution < 1.29 is 9.32 Å². The second kappa shape index (κ2) is 7.20. The van der Waals surface area contributed by atoms with Crippen molar-refractivity contribution in [3.8, 4) is 0 Å². The summed E-state index contributed by atoms with van der Waals surface area (Å²) in [7, 11) is 0. The second-order valence-electron chi connectivity index (χ2n) is 5.76. The van der Waals surface area contributed by atoms with Crippen molar-refractivity contribution in [1.29, 1.82) is 0 Å². The minimum absolute atomic E-state index is 0.0850. The maximum Gasteiger partial charge on any atom is 0.229 e. The molecule has 1 aliphatic rings. The van der Waals surface area contributed by atoms with Crippen molar-refractivity contribution in [3.05, 3.63) is 47.6 Å². The lowest BCUT2D eigenvalue weighted by Gasteiger charge is -2.03. The first-order chi connectivity index (χ1) is 10.8. The first kappa shape index (κ1) is 14.8. The van der Waals surface area contributed by atoms with Crippen LogP contribution in [-0.2, 0) is 17.6 Å². The minimum atomic E-state index is 0.0850. The van der Waals surface area contributed by atoms with Crippen LogP contribution in [0, 0.1) is 0 Å². The maximum atomic E-state index is 11.8. The van der Waals surface area contributed by atoms with Crippen molar-refractivity contribution >= 4 is 5.91 Å². The summed E-state index contributed by atoms with van der Waals surface area (Å²) in [6, 6.07) is 10.2. The Morgan fingerprint density at radius 1 is 1.23 bits per heavy atom. The molecule has 0 unspecified atom stereocenters. The number of aryl methyl sites for hydroxylation is 1. The predicted octanol–water partition coefficient (Wildman–Crippen LogP) is 2.63. The smallest absolute Gasteiger partial charge is 0.229 e. The number of aromatic nitrogens is 2. The van der Waals surface area contributed by atoms with Crippen LogP contribution in [0.4, 0.5) is 0 Å². The highest BCUT2D eigenvalue weighted by Crippen LogP contribution is 2.38. The molecule has 0 saturated heterocycles. The summed E-state index contributed by atoms with van der Waals surface area (Å²) in [5.41, 5.74) is 1.27. The Hall–Kier alpha value is -2.17. The summed E-state index contributed by atoms with van der Waals surface area (Å²) in [6.45, 7) is 0.563. The average molecular weight is 299 g/mol. The molecule has 1 aromatic heterocycles. The van der Waals surface area contributed by atoms with Crippen LogP contribution in [0.25, 0.3) is 0 Å². The van der Waals surface area contributed by atoms with Crippen molar-refractivity contribution in [3.63, 3.8) is 0 Å². The Labute approximate surface area is 130 Å². The SMILES string of the molecule is O=C(CCCc1ccccc1)NCCc1noc(C2CC2)n1. The van der Waals surface area contributed by atoms with Gasteiger partial charge in [-0.05, 0) is 31.2 Å². The Morgan fingerprint density at radius 2 is 2.05 bits per heavy atom. The number of rotatable bonds is 8. The van der Waals surface area contributed by atoms with Gasteiger partial charge >= 0.3 is 0 Å². The fourth-order valence-corrected chi connectivity index (χ4v) is 2.36. The van der Waals surface area contributed by atoms with Gasteiger partial charge in [0, 0.05) is 25.3 Å². The molecule has 0 bridgehead atoms. The van der Waals surface area contributed by atoms with Gasteiger partial charge in [0.25, 0.3) is 0 Å². The van der Waals surface area contributed by atoms with Crippen molar-refractivity contribution in [2.45, 2.75) is 44.4 Å². The van der Waals surface area contributed by atoms with Gasteiger partial charge in [-0.3, -0.25) is 4.79 Å². The first-order valence-electron chi connectivity index (χ1n) is 7.94. The lowest BCUT2D eigenvalue weighted by molar-refractivity contribution is -0.121. The summed E-state index contributed by atoms with van der Waals surface area (Å²) in [4.78, 5) is 16.1. The van der Waals surface area contributed by atoms with Crippen LogP contribution in [0.3, 0.4) is 0 Å². The van der Waals surface area contributed by atoms with Crippen LogP contribution >= 0.6 is 0 Å². The van der Waals surface area contributed by atoms with E-state index in [1.165, 1.54) is 5.56 Å². The van der Waals surface area contributed by atoms with E-state index in [0.29, 0.717) is 31.1 Å². The first-order valence-corrected chi connectivity index (χ1v) is 7.94. The summed E-state index contributed by atoms with van der Waals surface area (Å²) in [6.07, 6.45) is 5.28. The number of carbonyl (C=O) groups is 1. The van der Waals surface area contributed by atoms with E-state index in [-0.39, 0.29) is 5.91 Å². The predicted molar refractivity (Wildman–Crippen MR) is 82.4 cm³/mol. The lowest BCUT2D eigenvalue weighted by atomic mass is 10.1. The van der Waals surface area contributed by atoms with Gasteiger partial charge in [-0.15, -0.1) is 0 Å². The molecule has 116 valence electrons. The van der Waals surface area contributed by atoms with Gasteiger partial charge in [0.15, 0.2) is 5.82 Å². The van der Waals surface area contributed by atoms with Crippen molar-refractivity contribution in [1.82, 2.24) is 15.5 Å². The quantitative estimate of drug-likeness (QED) is 0.813. The zero-order chi connectivity index (χ0) is 15.2.